The number of rotatable bonds is 3. The van der Waals surface area contributed by atoms with Gasteiger partial charge in [0.2, 0.25) is 5.91 Å². The Hall–Kier alpha value is -0.860. The molecule has 14 heavy (non-hydrogen) atoms. The van der Waals surface area contributed by atoms with Gasteiger partial charge in [0.15, 0.2) is 5.78 Å². The molecule has 0 atom stereocenters. The summed E-state index contributed by atoms with van der Waals surface area (Å²) in [7, 11) is 0. The Balaban J connectivity index is 0.000000791. The van der Waals surface area contributed by atoms with Crippen LogP contribution in [0.3, 0.4) is 0 Å². The van der Waals surface area contributed by atoms with Crippen LogP contribution in [0, 0.1) is 5.92 Å². The summed E-state index contributed by atoms with van der Waals surface area (Å²) in [5.74, 6) is 0.0681. The Kier molecular flexibility index (Phi) is 4.81. The van der Waals surface area contributed by atoms with Crippen molar-refractivity contribution in [1.29, 1.82) is 0 Å². The van der Waals surface area contributed by atoms with Gasteiger partial charge in [0.25, 0.3) is 0 Å². The monoisotopic (exact) mass is 199 g/mol. The third-order valence-electron chi connectivity index (χ3n) is 2.16. The molecule has 1 N–H and O–H groups in total. The zero-order chi connectivity index (χ0) is 11.4. The Morgan fingerprint density at radius 3 is 1.86 bits per heavy atom. The summed E-state index contributed by atoms with van der Waals surface area (Å²) in [4.78, 5) is 22.3. The normalized spacial score (nSPS) is 16.7. The van der Waals surface area contributed by atoms with E-state index < -0.39 is 5.54 Å². The zero-order valence-corrected chi connectivity index (χ0v) is 9.81. The van der Waals surface area contributed by atoms with Gasteiger partial charge in [-0.05, 0) is 12.8 Å². The van der Waals surface area contributed by atoms with Crippen LogP contribution in [0.5, 0.6) is 0 Å². The van der Waals surface area contributed by atoms with Crippen molar-refractivity contribution >= 4 is 11.7 Å². The minimum absolute atomic E-state index is 0.0133. The van der Waals surface area contributed by atoms with Gasteiger partial charge >= 0.3 is 0 Å². The molecule has 0 unspecified atom stereocenters. The summed E-state index contributed by atoms with van der Waals surface area (Å²) in [5.41, 5.74) is -0.486. The van der Waals surface area contributed by atoms with Crippen LogP contribution in [0.15, 0.2) is 0 Å². The first-order valence-corrected chi connectivity index (χ1v) is 5.31. The maximum atomic E-state index is 11.5. The van der Waals surface area contributed by atoms with Crippen LogP contribution in [-0.4, -0.2) is 17.2 Å². The van der Waals surface area contributed by atoms with Gasteiger partial charge in [-0.3, -0.25) is 9.59 Å². The maximum Gasteiger partial charge on any atom is 0.217 e. The average molecular weight is 199 g/mol. The van der Waals surface area contributed by atoms with Crippen LogP contribution >= 0.6 is 0 Å². The van der Waals surface area contributed by atoms with E-state index >= 15 is 0 Å². The van der Waals surface area contributed by atoms with Crippen molar-refractivity contribution in [1.82, 2.24) is 5.32 Å². The van der Waals surface area contributed by atoms with Crippen molar-refractivity contribution in [3.8, 4) is 0 Å². The van der Waals surface area contributed by atoms with Gasteiger partial charge in [-0.2, -0.15) is 0 Å². The maximum absolute atomic E-state index is 11.5. The molecule has 82 valence electrons. The third-order valence-corrected chi connectivity index (χ3v) is 2.16. The molecule has 1 fully saturated rings. The Morgan fingerprint density at radius 2 is 1.64 bits per heavy atom. The number of carbonyl (C=O) groups is 2. The molecule has 3 heteroatoms. The quantitative estimate of drug-likeness (QED) is 0.754. The lowest BCUT2D eigenvalue weighted by atomic mass is 10.00. The van der Waals surface area contributed by atoms with Crippen LogP contribution in [0.2, 0.25) is 0 Å². The smallest absolute Gasteiger partial charge is 0.217 e. The highest BCUT2D eigenvalue weighted by molar-refractivity contribution is 5.96. The molecular weight excluding hydrogens is 178 g/mol. The highest BCUT2D eigenvalue weighted by Crippen LogP contribution is 2.38. The molecule has 0 aromatic carbocycles. The van der Waals surface area contributed by atoms with Gasteiger partial charge in [-0.15, -0.1) is 0 Å². The molecule has 1 saturated carbocycles. The molecule has 0 aromatic rings. The molecule has 0 saturated heterocycles. The molecule has 0 bridgehead atoms. The third kappa shape index (κ3) is 3.13. The number of amides is 1. The van der Waals surface area contributed by atoms with Crippen molar-refractivity contribution < 1.29 is 9.59 Å². The number of Topliss-reactive ketones (excluding diaryl/α,β-unsaturated/α-hetero) is 1. The molecule has 3 nitrogen and oxygen atoms in total. The van der Waals surface area contributed by atoms with Gasteiger partial charge < -0.3 is 5.32 Å². The molecular formula is C11H21NO2. The van der Waals surface area contributed by atoms with Crippen molar-refractivity contribution in [2.75, 3.05) is 0 Å². The molecule has 0 aromatic heterocycles. The number of nitrogens with one attached hydrogen (secondary N) is 1. The molecule has 1 amide bonds. The van der Waals surface area contributed by atoms with E-state index in [1.165, 1.54) is 6.92 Å². The Morgan fingerprint density at radius 1 is 1.21 bits per heavy atom. The lowest BCUT2D eigenvalue weighted by molar-refractivity contribution is -0.129. The largest absolute Gasteiger partial charge is 0.344 e. The Bertz CT molecular complexity index is 217. The molecule has 0 spiro atoms. The van der Waals surface area contributed by atoms with E-state index in [-0.39, 0.29) is 17.6 Å². The SMILES string of the molecule is CC.CC(=O)NC1(C(=O)C(C)C)CC1. The molecule has 0 heterocycles. The average Bonchev–Trinajstić information content (AvgIpc) is 2.87. The van der Waals surface area contributed by atoms with Gasteiger partial charge in [0.1, 0.15) is 0 Å². The standard InChI is InChI=1S/C9H15NO2.C2H6/c1-6(2)8(12)9(4-5-9)10-7(3)11;1-2/h6H,4-5H2,1-3H3,(H,10,11);1-2H3. The molecule has 1 rings (SSSR count). The first-order valence-electron chi connectivity index (χ1n) is 5.31. The fourth-order valence-corrected chi connectivity index (χ4v) is 1.45. The molecule has 0 aliphatic heterocycles. The predicted octanol–water partition coefficient (Wildman–Crippen LogP) is 1.91. The fraction of sp³-hybridized carbons (Fsp3) is 0.818. The molecule has 0 radical (unpaired) electrons. The summed E-state index contributed by atoms with van der Waals surface area (Å²) in [5, 5.41) is 2.72. The molecule has 1 aliphatic carbocycles. The van der Waals surface area contributed by atoms with Crippen LogP contribution < -0.4 is 5.32 Å². The topological polar surface area (TPSA) is 46.2 Å². The van der Waals surface area contributed by atoms with Crippen molar-refractivity contribution in [2.45, 2.75) is 53.0 Å². The summed E-state index contributed by atoms with van der Waals surface area (Å²) in [6.45, 7) is 9.18. The summed E-state index contributed by atoms with van der Waals surface area (Å²) in [6.07, 6.45) is 1.62. The second-order valence-corrected chi connectivity index (χ2v) is 3.78. The van der Waals surface area contributed by atoms with Crippen LogP contribution in [0.4, 0.5) is 0 Å². The van der Waals surface area contributed by atoms with Gasteiger partial charge in [0, 0.05) is 12.8 Å². The van der Waals surface area contributed by atoms with Crippen molar-refractivity contribution in [3.05, 3.63) is 0 Å². The second kappa shape index (κ2) is 5.13. The first kappa shape index (κ1) is 13.1. The van der Waals surface area contributed by atoms with Gasteiger partial charge in [0.05, 0.1) is 5.54 Å². The number of hydrogen-bond acceptors (Lipinski definition) is 2. The van der Waals surface area contributed by atoms with Crippen LogP contribution in [-0.2, 0) is 9.59 Å². The summed E-state index contributed by atoms with van der Waals surface area (Å²) < 4.78 is 0. The van der Waals surface area contributed by atoms with E-state index in [0.29, 0.717) is 0 Å². The number of carbonyl (C=O) groups excluding carboxylic acids is 2. The van der Waals surface area contributed by atoms with Crippen LogP contribution in [0.1, 0.15) is 47.5 Å². The summed E-state index contributed by atoms with van der Waals surface area (Å²) >= 11 is 0. The summed E-state index contributed by atoms with van der Waals surface area (Å²) in [6, 6.07) is 0. The van der Waals surface area contributed by atoms with E-state index in [1.807, 2.05) is 27.7 Å². The number of hydrogen-bond donors (Lipinski definition) is 1. The highest BCUT2D eigenvalue weighted by atomic mass is 16.2. The van der Waals surface area contributed by atoms with Crippen LogP contribution in [0.25, 0.3) is 0 Å². The van der Waals surface area contributed by atoms with E-state index in [9.17, 15) is 9.59 Å². The minimum atomic E-state index is -0.486. The minimum Gasteiger partial charge on any atom is -0.344 e. The predicted molar refractivity (Wildman–Crippen MR) is 57.0 cm³/mol. The highest BCUT2D eigenvalue weighted by Gasteiger charge is 2.50. The lowest BCUT2D eigenvalue weighted by Gasteiger charge is -2.16. The first-order chi connectivity index (χ1) is 6.48. The number of ketones is 1. The van der Waals surface area contributed by atoms with Gasteiger partial charge in [-0.1, -0.05) is 27.7 Å². The zero-order valence-electron chi connectivity index (χ0n) is 9.81. The van der Waals surface area contributed by atoms with E-state index in [4.69, 9.17) is 0 Å². The lowest BCUT2D eigenvalue weighted by Crippen LogP contribution is -2.43. The van der Waals surface area contributed by atoms with E-state index in [2.05, 4.69) is 5.32 Å². The Labute approximate surface area is 86.3 Å². The second-order valence-electron chi connectivity index (χ2n) is 3.78. The van der Waals surface area contributed by atoms with E-state index in [0.717, 1.165) is 12.8 Å². The molecule has 1 aliphatic rings. The van der Waals surface area contributed by atoms with Crippen molar-refractivity contribution in [2.24, 2.45) is 5.92 Å². The van der Waals surface area contributed by atoms with Gasteiger partial charge in [-0.25, -0.2) is 0 Å². The fourth-order valence-electron chi connectivity index (χ4n) is 1.45. The van der Waals surface area contributed by atoms with Crippen molar-refractivity contribution in [3.63, 3.8) is 0 Å². The van der Waals surface area contributed by atoms with E-state index in [1.54, 1.807) is 0 Å².